The topological polar surface area (TPSA) is 132 Å². The molecule has 1 aliphatic rings. The Labute approximate surface area is 205 Å². The van der Waals surface area contributed by atoms with Crippen molar-refractivity contribution in [2.24, 2.45) is 0 Å². The molecule has 2 heterocycles. The molecule has 4 rings (SSSR count). The van der Waals surface area contributed by atoms with Gasteiger partial charge in [0, 0.05) is 38.3 Å². The Hall–Kier alpha value is -3.48. The van der Waals surface area contributed by atoms with Crippen LogP contribution in [0.15, 0.2) is 30.3 Å². The molecule has 0 saturated carbocycles. The highest BCUT2D eigenvalue weighted by Crippen LogP contribution is 2.33. The Morgan fingerprint density at radius 2 is 1.69 bits per heavy atom. The monoisotopic (exact) mass is 499 g/mol. The first-order chi connectivity index (χ1) is 16.7. The summed E-state index contributed by atoms with van der Waals surface area (Å²) in [6, 6.07) is 6.97. The first kappa shape index (κ1) is 24.6. The van der Waals surface area contributed by atoms with Crippen LogP contribution in [-0.4, -0.2) is 65.0 Å². The molecular weight excluding hydrogens is 474 g/mol. The molecule has 11 nitrogen and oxygen atoms in total. The fraction of sp³-hybridized carbons (Fsp3) is 0.391. The van der Waals surface area contributed by atoms with E-state index in [1.807, 2.05) is 26.0 Å². The van der Waals surface area contributed by atoms with Gasteiger partial charge in [-0.15, -0.1) is 0 Å². The number of amides is 1. The lowest BCUT2D eigenvalue weighted by molar-refractivity contribution is -0.394. The van der Waals surface area contributed by atoms with Gasteiger partial charge < -0.3 is 4.74 Å². The standard InChI is InChI=1S/C23H25N5O6S/c1-15-10-20-21(11-16(15)2)35-23(24-20)26(5-3-4-25-6-8-34-9-7-25)22(29)17-12-18(27(30)31)14-19(13-17)28(32)33/h10-14H,3-9H2,1-2H3. The number of rotatable bonds is 8. The minimum absolute atomic E-state index is 0.121. The normalized spacial score (nSPS) is 14.2. The van der Waals surface area contributed by atoms with Gasteiger partial charge in [0.25, 0.3) is 17.3 Å². The van der Waals surface area contributed by atoms with E-state index in [2.05, 4.69) is 9.88 Å². The van der Waals surface area contributed by atoms with E-state index in [1.54, 1.807) is 0 Å². The summed E-state index contributed by atoms with van der Waals surface area (Å²) in [5, 5.41) is 23.2. The quantitative estimate of drug-likeness (QED) is 0.334. The van der Waals surface area contributed by atoms with Gasteiger partial charge in [-0.1, -0.05) is 11.3 Å². The molecule has 1 aromatic heterocycles. The molecule has 0 aliphatic carbocycles. The van der Waals surface area contributed by atoms with Crippen molar-refractivity contribution < 1.29 is 19.4 Å². The molecule has 0 N–H and O–H groups in total. The van der Waals surface area contributed by atoms with Gasteiger partial charge in [0.15, 0.2) is 5.13 Å². The van der Waals surface area contributed by atoms with Crippen LogP contribution in [0.25, 0.3) is 10.2 Å². The molecule has 1 saturated heterocycles. The fourth-order valence-electron chi connectivity index (χ4n) is 3.93. The van der Waals surface area contributed by atoms with Crippen molar-refractivity contribution in [3.8, 4) is 0 Å². The lowest BCUT2D eigenvalue weighted by Gasteiger charge is -2.27. The van der Waals surface area contributed by atoms with Crippen molar-refractivity contribution in [2.45, 2.75) is 20.3 Å². The number of nitro groups is 2. The highest BCUT2D eigenvalue weighted by atomic mass is 32.1. The van der Waals surface area contributed by atoms with Crippen LogP contribution in [0.4, 0.5) is 16.5 Å². The molecule has 1 aliphatic heterocycles. The molecule has 0 unspecified atom stereocenters. The van der Waals surface area contributed by atoms with Crippen LogP contribution in [0.1, 0.15) is 27.9 Å². The van der Waals surface area contributed by atoms with Crippen molar-refractivity contribution in [1.29, 1.82) is 0 Å². The zero-order valence-corrected chi connectivity index (χ0v) is 20.2. The van der Waals surface area contributed by atoms with Crippen LogP contribution in [0, 0.1) is 34.1 Å². The summed E-state index contributed by atoms with van der Waals surface area (Å²) >= 11 is 1.35. The summed E-state index contributed by atoms with van der Waals surface area (Å²) < 4.78 is 6.30. The summed E-state index contributed by atoms with van der Waals surface area (Å²) in [6.07, 6.45) is 0.636. The molecule has 1 fully saturated rings. The SMILES string of the molecule is Cc1cc2nc(N(CCCN3CCOCC3)C(=O)c3cc([N+](=O)[O-])cc([N+](=O)[O-])c3)sc2cc1C. The van der Waals surface area contributed by atoms with E-state index in [1.165, 1.54) is 16.2 Å². The molecule has 3 aromatic rings. The Morgan fingerprint density at radius 1 is 1.06 bits per heavy atom. The molecule has 0 spiro atoms. The molecule has 1 amide bonds. The third kappa shape index (κ3) is 5.61. The third-order valence-electron chi connectivity index (χ3n) is 6.00. The second-order valence-corrected chi connectivity index (χ2v) is 9.43. The molecule has 0 bridgehead atoms. The number of aromatic nitrogens is 1. The number of carbonyl (C=O) groups is 1. The minimum Gasteiger partial charge on any atom is -0.379 e. The van der Waals surface area contributed by atoms with E-state index in [0.717, 1.165) is 59.2 Å². The lowest BCUT2D eigenvalue weighted by atomic mass is 10.1. The van der Waals surface area contributed by atoms with Crippen molar-refractivity contribution in [3.63, 3.8) is 0 Å². The van der Waals surface area contributed by atoms with Gasteiger partial charge in [-0.3, -0.25) is 34.8 Å². The second kappa shape index (κ2) is 10.4. The fourth-order valence-corrected chi connectivity index (χ4v) is 5.00. The van der Waals surface area contributed by atoms with Crippen molar-refractivity contribution in [1.82, 2.24) is 9.88 Å². The summed E-state index contributed by atoms with van der Waals surface area (Å²) in [6.45, 7) is 7.99. The molecule has 12 heteroatoms. The van der Waals surface area contributed by atoms with Crippen LogP contribution in [0.5, 0.6) is 0 Å². The summed E-state index contributed by atoms with van der Waals surface area (Å²) in [5.74, 6) is -0.564. The van der Waals surface area contributed by atoms with Crippen LogP contribution < -0.4 is 4.90 Å². The van der Waals surface area contributed by atoms with Gasteiger partial charge >= 0.3 is 0 Å². The van der Waals surface area contributed by atoms with Gasteiger partial charge in [0.05, 0.1) is 44.9 Å². The molecular formula is C23H25N5O6S. The predicted octanol–water partition coefficient (Wildman–Crippen LogP) is 4.10. The van der Waals surface area contributed by atoms with E-state index in [9.17, 15) is 25.0 Å². The highest BCUT2D eigenvalue weighted by Gasteiger charge is 2.26. The van der Waals surface area contributed by atoms with Gasteiger partial charge in [-0.25, -0.2) is 4.98 Å². The molecule has 2 aromatic carbocycles. The third-order valence-corrected chi connectivity index (χ3v) is 7.04. The van der Waals surface area contributed by atoms with E-state index in [0.29, 0.717) is 31.3 Å². The van der Waals surface area contributed by atoms with Gasteiger partial charge in [0.1, 0.15) is 0 Å². The van der Waals surface area contributed by atoms with E-state index < -0.39 is 27.1 Å². The largest absolute Gasteiger partial charge is 0.379 e. The maximum atomic E-state index is 13.6. The number of ether oxygens (including phenoxy) is 1. The molecule has 0 radical (unpaired) electrons. The minimum atomic E-state index is -0.740. The Kier molecular flexibility index (Phi) is 7.34. The van der Waals surface area contributed by atoms with E-state index >= 15 is 0 Å². The first-order valence-corrected chi connectivity index (χ1v) is 12.0. The number of fused-ring (bicyclic) bond motifs is 1. The zero-order valence-electron chi connectivity index (χ0n) is 19.4. The Balaban J connectivity index is 1.68. The number of benzene rings is 2. The highest BCUT2D eigenvalue weighted by molar-refractivity contribution is 7.22. The number of anilines is 1. The molecule has 184 valence electrons. The average molecular weight is 500 g/mol. The molecule has 0 atom stereocenters. The van der Waals surface area contributed by atoms with Crippen molar-refractivity contribution in [3.05, 3.63) is 67.3 Å². The number of non-ortho nitro benzene ring substituents is 2. The zero-order chi connectivity index (χ0) is 25.1. The second-order valence-electron chi connectivity index (χ2n) is 8.42. The van der Waals surface area contributed by atoms with Gasteiger partial charge in [-0.2, -0.15) is 0 Å². The lowest BCUT2D eigenvalue weighted by Crippen LogP contribution is -2.39. The smallest absolute Gasteiger partial charge is 0.277 e. The van der Waals surface area contributed by atoms with Gasteiger partial charge in [-0.05, 0) is 43.5 Å². The number of hydrogen-bond donors (Lipinski definition) is 0. The first-order valence-electron chi connectivity index (χ1n) is 11.2. The van der Waals surface area contributed by atoms with Crippen LogP contribution in [-0.2, 0) is 4.74 Å². The van der Waals surface area contributed by atoms with Gasteiger partial charge in [0.2, 0.25) is 0 Å². The summed E-state index contributed by atoms with van der Waals surface area (Å²) in [4.78, 5) is 43.2. The maximum absolute atomic E-state index is 13.6. The van der Waals surface area contributed by atoms with E-state index in [4.69, 9.17) is 4.74 Å². The van der Waals surface area contributed by atoms with Crippen molar-refractivity contribution >= 4 is 44.0 Å². The van der Waals surface area contributed by atoms with Crippen LogP contribution in [0.3, 0.4) is 0 Å². The Morgan fingerprint density at radius 3 is 2.31 bits per heavy atom. The van der Waals surface area contributed by atoms with Crippen LogP contribution in [0.2, 0.25) is 0 Å². The number of thiazole rings is 1. The summed E-state index contributed by atoms with van der Waals surface area (Å²) in [5.41, 5.74) is 1.80. The van der Waals surface area contributed by atoms with Crippen molar-refractivity contribution in [2.75, 3.05) is 44.3 Å². The number of aryl methyl sites for hydroxylation is 2. The van der Waals surface area contributed by atoms with E-state index in [-0.39, 0.29) is 5.56 Å². The predicted molar refractivity (Wildman–Crippen MR) is 132 cm³/mol. The average Bonchev–Trinajstić information content (AvgIpc) is 3.24. The number of morpholine rings is 1. The maximum Gasteiger partial charge on any atom is 0.277 e. The summed E-state index contributed by atoms with van der Waals surface area (Å²) in [7, 11) is 0. The number of nitro benzene ring substituents is 2. The number of nitrogens with zero attached hydrogens (tertiary/aromatic N) is 5. The molecule has 35 heavy (non-hydrogen) atoms. The Bertz CT molecular complexity index is 1220. The number of carbonyl (C=O) groups excluding carboxylic acids is 1. The number of hydrogen-bond acceptors (Lipinski definition) is 9. The van der Waals surface area contributed by atoms with Crippen LogP contribution >= 0.6 is 11.3 Å².